The van der Waals surface area contributed by atoms with Crippen LogP contribution in [0.2, 0.25) is 0 Å². The van der Waals surface area contributed by atoms with Crippen molar-refractivity contribution in [1.29, 1.82) is 0 Å². The zero-order valence-electron chi connectivity index (χ0n) is 14.5. The van der Waals surface area contributed by atoms with Crippen LogP contribution in [0, 0.1) is 0 Å². The Labute approximate surface area is 163 Å². The van der Waals surface area contributed by atoms with E-state index in [1.807, 2.05) is 24.4 Å². The molecule has 1 amide bonds. The number of thioether (sulfide) groups is 1. The lowest BCUT2D eigenvalue weighted by Crippen LogP contribution is -2.23. The van der Waals surface area contributed by atoms with Crippen LogP contribution in [0.3, 0.4) is 0 Å². The zero-order valence-corrected chi connectivity index (χ0v) is 16.1. The number of nitrogens with zero attached hydrogens (tertiary/aromatic N) is 4. The van der Waals surface area contributed by atoms with Gasteiger partial charge in [0.05, 0.1) is 11.8 Å². The Kier molecular flexibility index (Phi) is 5.26. The maximum Gasteiger partial charge on any atom is 0.237 e. The Morgan fingerprint density at radius 1 is 1.33 bits per heavy atom. The number of amides is 1. The Morgan fingerprint density at radius 3 is 3.00 bits per heavy atom. The van der Waals surface area contributed by atoms with Crippen molar-refractivity contribution < 1.29 is 14.3 Å². The summed E-state index contributed by atoms with van der Waals surface area (Å²) < 4.78 is 12.7. The Morgan fingerprint density at radius 2 is 2.19 bits per heavy atom. The summed E-state index contributed by atoms with van der Waals surface area (Å²) in [5.41, 5.74) is 0.662. The van der Waals surface area contributed by atoms with E-state index in [1.165, 1.54) is 11.8 Å². The molecule has 1 aliphatic heterocycles. The van der Waals surface area contributed by atoms with Crippen LogP contribution >= 0.6 is 23.1 Å². The van der Waals surface area contributed by atoms with Crippen LogP contribution in [0.4, 0.5) is 5.69 Å². The van der Waals surface area contributed by atoms with Crippen molar-refractivity contribution in [3.63, 3.8) is 0 Å². The van der Waals surface area contributed by atoms with Gasteiger partial charge < -0.3 is 14.8 Å². The minimum atomic E-state index is -0.369. The molecule has 0 bridgehead atoms. The number of hydrogen-bond donors (Lipinski definition) is 1. The summed E-state index contributed by atoms with van der Waals surface area (Å²) in [7, 11) is 0. The predicted octanol–water partition coefficient (Wildman–Crippen LogP) is 2.67. The molecule has 10 heteroatoms. The van der Waals surface area contributed by atoms with Crippen LogP contribution in [0.5, 0.6) is 11.5 Å². The molecule has 0 saturated heterocycles. The molecule has 1 N–H and O–H groups in total. The van der Waals surface area contributed by atoms with Crippen molar-refractivity contribution in [1.82, 2.24) is 20.2 Å². The summed E-state index contributed by atoms with van der Waals surface area (Å²) in [5.74, 6) is 1.19. The molecule has 0 fully saturated rings. The number of carbonyl (C=O) groups is 1. The maximum absolute atomic E-state index is 12.6. The van der Waals surface area contributed by atoms with Gasteiger partial charge in [-0.25, -0.2) is 4.68 Å². The Bertz CT molecular complexity index is 929. The molecule has 4 rings (SSSR count). The highest BCUT2D eigenvalue weighted by Crippen LogP contribution is 2.33. The standard InChI is InChI=1S/C17H17N5O3S2/c1-11(27-17-19-20-21-22(17)10-13-3-2-8-26-13)16(23)18-12-4-5-14-15(9-12)25-7-6-24-14/h2-5,8-9,11H,6-7,10H2,1H3,(H,18,23). The summed E-state index contributed by atoms with van der Waals surface area (Å²) in [6.45, 7) is 3.45. The third-order valence-corrected chi connectivity index (χ3v) is 5.78. The average molecular weight is 403 g/mol. The second kappa shape index (κ2) is 7.97. The van der Waals surface area contributed by atoms with E-state index in [-0.39, 0.29) is 11.2 Å². The number of hydrogen-bond acceptors (Lipinski definition) is 8. The van der Waals surface area contributed by atoms with Gasteiger partial charge in [-0.1, -0.05) is 17.8 Å². The molecule has 0 radical (unpaired) electrons. The van der Waals surface area contributed by atoms with Gasteiger partial charge in [0.15, 0.2) is 11.5 Å². The van der Waals surface area contributed by atoms with Crippen molar-refractivity contribution in [2.75, 3.05) is 18.5 Å². The molecular formula is C17H17N5O3S2. The monoisotopic (exact) mass is 403 g/mol. The van der Waals surface area contributed by atoms with Gasteiger partial charge in [0.2, 0.25) is 11.1 Å². The van der Waals surface area contributed by atoms with Crippen LogP contribution < -0.4 is 14.8 Å². The summed E-state index contributed by atoms with van der Waals surface area (Å²) in [4.78, 5) is 13.7. The fourth-order valence-electron chi connectivity index (χ4n) is 2.51. The second-order valence-electron chi connectivity index (χ2n) is 5.81. The average Bonchev–Trinajstić information content (AvgIpc) is 3.34. The number of tetrazole rings is 1. The van der Waals surface area contributed by atoms with Gasteiger partial charge in [-0.2, -0.15) is 0 Å². The molecule has 0 saturated carbocycles. The molecule has 3 heterocycles. The van der Waals surface area contributed by atoms with Crippen molar-refractivity contribution in [3.05, 3.63) is 40.6 Å². The number of carbonyl (C=O) groups excluding carboxylic acids is 1. The topological polar surface area (TPSA) is 91.2 Å². The summed E-state index contributed by atoms with van der Waals surface area (Å²) in [5, 5.41) is 16.9. The lowest BCUT2D eigenvalue weighted by molar-refractivity contribution is -0.115. The highest BCUT2D eigenvalue weighted by atomic mass is 32.2. The molecule has 27 heavy (non-hydrogen) atoms. The maximum atomic E-state index is 12.6. The first kappa shape index (κ1) is 17.8. The largest absolute Gasteiger partial charge is 0.486 e. The van der Waals surface area contributed by atoms with Crippen LogP contribution in [0.15, 0.2) is 40.9 Å². The third kappa shape index (κ3) is 4.22. The smallest absolute Gasteiger partial charge is 0.237 e. The first-order chi connectivity index (χ1) is 13.2. The van der Waals surface area contributed by atoms with E-state index in [0.717, 1.165) is 4.88 Å². The highest BCUT2D eigenvalue weighted by molar-refractivity contribution is 8.00. The molecule has 1 unspecified atom stereocenters. The number of fused-ring (bicyclic) bond motifs is 1. The minimum absolute atomic E-state index is 0.137. The van der Waals surface area contributed by atoms with Crippen LogP contribution in [-0.4, -0.2) is 44.6 Å². The van der Waals surface area contributed by atoms with Crippen molar-refractivity contribution in [2.24, 2.45) is 0 Å². The normalized spacial score (nSPS) is 14.0. The van der Waals surface area contributed by atoms with E-state index in [9.17, 15) is 4.79 Å². The molecule has 0 spiro atoms. The van der Waals surface area contributed by atoms with Crippen molar-refractivity contribution >= 4 is 34.7 Å². The fraction of sp³-hybridized carbons (Fsp3) is 0.294. The number of aromatic nitrogens is 4. The van der Waals surface area contributed by atoms with Gasteiger partial charge >= 0.3 is 0 Å². The van der Waals surface area contributed by atoms with Gasteiger partial charge in [0.25, 0.3) is 0 Å². The van der Waals surface area contributed by atoms with Crippen LogP contribution in [0.25, 0.3) is 0 Å². The van der Waals surface area contributed by atoms with Crippen molar-refractivity contribution in [3.8, 4) is 11.5 Å². The zero-order chi connectivity index (χ0) is 18.6. The number of ether oxygens (including phenoxy) is 2. The van der Waals surface area contributed by atoms with Crippen molar-refractivity contribution in [2.45, 2.75) is 23.9 Å². The summed E-state index contributed by atoms with van der Waals surface area (Å²) in [6, 6.07) is 9.37. The van der Waals surface area contributed by atoms with Gasteiger partial charge in [0.1, 0.15) is 13.2 Å². The van der Waals surface area contributed by atoms with Gasteiger partial charge in [-0.15, -0.1) is 16.4 Å². The van der Waals surface area contributed by atoms with Crippen LogP contribution in [-0.2, 0) is 11.3 Å². The molecule has 8 nitrogen and oxygen atoms in total. The molecule has 1 aromatic carbocycles. The van der Waals surface area contributed by atoms with E-state index in [4.69, 9.17) is 9.47 Å². The molecule has 1 atom stereocenters. The highest BCUT2D eigenvalue weighted by Gasteiger charge is 2.20. The molecular weight excluding hydrogens is 386 g/mol. The van der Waals surface area contributed by atoms with E-state index in [2.05, 4.69) is 20.8 Å². The lowest BCUT2D eigenvalue weighted by Gasteiger charge is -2.19. The van der Waals surface area contributed by atoms with E-state index in [1.54, 1.807) is 34.2 Å². The van der Waals surface area contributed by atoms with Gasteiger partial charge in [-0.05, 0) is 40.9 Å². The number of nitrogens with one attached hydrogen (secondary N) is 1. The summed E-state index contributed by atoms with van der Waals surface area (Å²) >= 11 is 2.96. The molecule has 3 aromatic rings. The number of rotatable bonds is 6. The minimum Gasteiger partial charge on any atom is -0.486 e. The van der Waals surface area contributed by atoms with E-state index >= 15 is 0 Å². The lowest BCUT2D eigenvalue weighted by atomic mass is 10.2. The molecule has 2 aromatic heterocycles. The first-order valence-electron chi connectivity index (χ1n) is 8.35. The number of anilines is 1. The third-order valence-electron chi connectivity index (χ3n) is 3.85. The Hall–Kier alpha value is -2.59. The number of benzene rings is 1. The van der Waals surface area contributed by atoms with Crippen LogP contribution in [0.1, 0.15) is 11.8 Å². The number of thiophene rings is 1. The van der Waals surface area contributed by atoms with Gasteiger partial charge in [0, 0.05) is 16.6 Å². The summed E-state index contributed by atoms with van der Waals surface area (Å²) in [6.07, 6.45) is 0. The molecule has 1 aliphatic rings. The fourth-order valence-corrected chi connectivity index (χ4v) is 3.98. The van der Waals surface area contributed by atoms with E-state index < -0.39 is 0 Å². The molecule has 0 aliphatic carbocycles. The SMILES string of the molecule is CC(Sc1nnnn1Cc1cccs1)C(=O)Nc1ccc2c(c1)OCCO2. The first-order valence-corrected chi connectivity index (χ1v) is 10.1. The quantitative estimate of drug-likeness (QED) is 0.633. The van der Waals surface area contributed by atoms with E-state index in [0.29, 0.717) is 42.1 Å². The molecule has 140 valence electrons. The predicted molar refractivity (Wildman–Crippen MR) is 103 cm³/mol. The van der Waals surface area contributed by atoms with Gasteiger partial charge in [-0.3, -0.25) is 4.79 Å². The Balaban J connectivity index is 1.39. The second-order valence-corrected chi connectivity index (χ2v) is 8.15.